The second-order valence-electron chi connectivity index (χ2n) is 2.07. The van der Waals surface area contributed by atoms with Gasteiger partial charge in [0.2, 0.25) is 0 Å². The fourth-order valence-electron chi connectivity index (χ4n) is 0.759. The average molecular weight is 246 g/mol. The number of nitrogens with zero attached hydrogens (tertiary/aromatic N) is 2. The van der Waals surface area contributed by atoms with Crippen LogP contribution in [0.15, 0.2) is 20.3 Å². The maximum Gasteiger partial charge on any atom is 0.313 e. The summed E-state index contributed by atoms with van der Waals surface area (Å²) in [5.74, 6) is 0.461. The Morgan fingerprint density at radius 1 is 1.50 bits per heavy atom. The molecule has 0 saturated heterocycles. The van der Waals surface area contributed by atoms with Crippen molar-refractivity contribution < 1.29 is 4.42 Å². The highest BCUT2D eigenvalue weighted by molar-refractivity contribution is 9.10. The molecule has 0 bridgehead atoms. The molecule has 6 heteroatoms. The van der Waals surface area contributed by atoms with E-state index in [0.717, 1.165) is 9.35 Å². The van der Waals surface area contributed by atoms with E-state index < -0.39 is 0 Å². The van der Waals surface area contributed by atoms with Crippen LogP contribution in [-0.4, -0.2) is 10.2 Å². The summed E-state index contributed by atoms with van der Waals surface area (Å²) in [6.45, 7) is 0. The molecule has 0 atom stereocenters. The minimum absolute atomic E-state index is 0.0922. The molecule has 0 amide bonds. The molecule has 62 valence electrons. The van der Waals surface area contributed by atoms with E-state index in [2.05, 4.69) is 26.1 Å². The molecule has 4 nitrogen and oxygen atoms in total. The van der Waals surface area contributed by atoms with Crippen LogP contribution < -0.4 is 5.73 Å². The molecule has 0 fully saturated rings. The van der Waals surface area contributed by atoms with Gasteiger partial charge in [0, 0.05) is 9.85 Å². The van der Waals surface area contributed by atoms with Crippen LogP contribution in [-0.2, 0) is 0 Å². The number of anilines is 1. The van der Waals surface area contributed by atoms with E-state index in [4.69, 9.17) is 10.2 Å². The standard InChI is InChI=1S/C6H4BrN3OS/c7-3-1-4(12-2-3)5-9-10-6(8)11-5/h1-2H,(H2,8,10). The first-order chi connectivity index (χ1) is 5.75. The largest absolute Gasteiger partial charge is 0.403 e. The van der Waals surface area contributed by atoms with Gasteiger partial charge in [-0.1, -0.05) is 5.10 Å². The van der Waals surface area contributed by atoms with E-state index in [-0.39, 0.29) is 6.01 Å². The smallest absolute Gasteiger partial charge is 0.313 e. The van der Waals surface area contributed by atoms with Crippen molar-refractivity contribution in [1.29, 1.82) is 0 Å². The van der Waals surface area contributed by atoms with Gasteiger partial charge < -0.3 is 10.2 Å². The second-order valence-corrected chi connectivity index (χ2v) is 3.90. The SMILES string of the molecule is Nc1nnc(-c2cc(Br)cs2)o1. The first-order valence-electron chi connectivity index (χ1n) is 3.09. The summed E-state index contributed by atoms with van der Waals surface area (Å²) in [6.07, 6.45) is 0. The van der Waals surface area contributed by atoms with Gasteiger partial charge in [0.25, 0.3) is 5.89 Å². The molecule has 2 aromatic heterocycles. The molecular formula is C6H4BrN3OS. The molecule has 0 aromatic carbocycles. The number of halogens is 1. The maximum absolute atomic E-state index is 5.28. The molecule has 0 radical (unpaired) electrons. The molecule has 12 heavy (non-hydrogen) atoms. The quantitative estimate of drug-likeness (QED) is 0.837. The van der Waals surface area contributed by atoms with Crippen molar-refractivity contribution in [3.8, 4) is 10.8 Å². The van der Waals surface area contributed by atoms with Gasteiger partial charge in [-0.3, -0.25) is 0 Å². The van der Waals surface area contributed by atoms with Crippen LogP contribution in [0.5, 0.6) is 0 Å². The van der Waals surface area contributed by atoms with Crippen molar-refractivity contribution in [3.63, 3.8) is 0 Å². The molecule has 2 N–H and O–H groups in total. The number of nitrogens with two attached hydrogens (primary N) is 1. The minimum atomic E-state index is 0.0922. The highest BCUT2D eigenvalue weighted by Crippen LogP contribution is 2.28. The van der Waals surface area contributed by atoms with Crippen molar-refractivity contribution in [2.45, 2.75) is 0 Å². The summed E-state index contributed by atoms with van der Waals surface area (Å²) in [6, 6.07) is 1.99. The van der Waals surface area contributed by atoms with Gasteiger partial charge >= 0.3 is 6.01 Å². The number of rotatable bonds is 1. The van der Waals surface area contributed by atoms with Gasteiger partial charge in [-0.2, -0.15) is 0 Å². The first-order valence-corrected chi connectivity index (χ1v) is 4.76. The van der Waals surface area contributed by atoms with Gasteiger partial charge in [-0.05, 0) is 22.0 Å². The Labute approximate surface area is 80.5 Å². The van der Waals surface area contributed by atoms with Crippen molar-refractivity contribution in [2.24, 2.45) is 0 Å². The predicted octanol–water partition coefficient (Wildman–Crippen LogP) is 2.14. The summed E-state index contributed by atoms with van der Waals surface area (Å²) in [5.41, 5.74) is 5.28. The molecule has 0 unspecified atom stereocenters. The van der Waals surface area contributed by atoms with Crippen LogP contribution in [0.2, 0.25) is 0 Å². The van der Waals surface area contributed by atoms with E-state index in [1.807, 2.05) is 11.4 Å². The molecule has 0 aliphatic rings. The molecule has 0 aliphatic heterocycles. The Balaban J connectivity index is 2.43. The first kappa shape index (κ1) is 7.75. The molecule has 0 saturated carbocycles. The summed E-state index contributed by atoms with van der Waals surface area (Å²) in [7, 11) is 0. The number of nitrogen functional groups attached to an aromatic ring is 1. The van der Waals surface area contributed by atoms with Crippen molar-refractivity contribution in [2.75, 3.05) is 5.73 Å². The molecular weight excluding hydrogens is 242 g/mol. The fourth-order valence-corrected chi connectivity index (χ4v) is 2.11. The lowest BCUT2D eigenvalue weighted by atomic mass is 10.5. The van der Waals surface area contributed by atoms with Crippen LogP contribution in [0, 0.1) is 0 Å². The molecule has 2 aromatic rings. The van der Waals surface area contributed by atoms with Crippen LogP contribution in [0.1, 0.15) is 0 Å². The van der Waals surface area contributed by atoms with E-state index in [1.165, 1.54) is 11.3 Å². The highest BCUT2D eigenvalue weighted by Gasteiger charge is 2.07. The molecule has 0 spiro atoms. The average Bonchev–Trinajstić information content (AvgIpc) is 2.58. The molecule has 2 rings (SSSR count). The van der Waals surface area contributed by atoms with Gasteiger partial charge in [-0.25, -0.2) is 0 Å². The van der Waals surface area contributed by atoms with Gasteiger partial charge in [0.05, 0.1) is 4.88 Å². The summed E-state index contributed by atoms with van der Waals surface area (Å²) in [5, 5.41) is 9.24. The Hall–Kier alpha value is -0.880. The normalized spacial score (nSPS) is 10.4. The second kappa shape index (κ2) is 2.87. The Morgan fingerprint density at radius 3 is 2.83 bits per heavy atom. The third-order valence-corrected chi connectivity index (χ3v) is 2.90. The lowest BCUT2D eigenvalue weighted by Crippen LogP contribution is -1.81. The van der Waals surface area contributed by atoms with Crippen molar-refractivity contribution in [3.05, 3.63) is 15.9 Å². The Morgan fingerprint density at radius 2 is 2.33 bits per heavy atom. The summed E-state index contributed by atoms with van der Waals surface area (Å²) >= 11 is 4.84. The van der Waals surface area contributed by atoms with Crippen LogP contribution in [0.4, 0.5) is 6.01 Å². The van der Waals surface area contributed by atoms with Gasteiger partial charge in [-0.15, -0.1) is 16.4 Å². The van der Waals surface area contributed by atoms with Gasteiger partial charge in [0.1, 0.15) is 0 Å². The third-order valence-electron chi connectivity index (χ3n) is 1.22. The van der Waals surface area contributed by atoms with E-state index >= 15 is 0 Å². The van der Waals surface area contributed by atoms with Crippen molar-refractivity contribution >= 4 is 33.3 Å². The summed E-state index contributed by atoms with van der Waals surface area (Å²) in [4.78, 5) is 0.908. The van der Waals surface area contributed by atoms with E-state index in [0.29, 0.717) is 5.89 Å². The zero-order valence-electron chi connectivity index (χ0n) is 5.82. The Kier molecular flexibility index (Phi) is 1.86. The summed E-state index contributed by atoms with van der Waals surface area (Å²) < 4.78 is 6.03. The highest BCUT2D eigenvalue weighted by atomic mass is 79.9. The lowest BCUT2D eigenvalue weighted by Gasteiger charge is -1.82. The zero-order chi connectivity index (χ0) is 8.55. The van der Waals surface area contributed by atoms with E-state index in [1.54, 1.807) is 0 Å². The topological polar surface area (TPSA) is 64.9 Å². The van der Waals surface area contributed by atoms with Crippen LogP contribution in [0.25, 0.3) is 10.8 Å². The third kappa shape index (κ3) is 1.35. The Bertz CT molecular complexity index is 359. The monoisotopic (exact) mass is 245 g/mol. The minimum Gasteiger partial charge on any atom is -0.403 e. The maximum atomic E-state index is 5.28. The van der Waals surface area contributed by atoms with Crippen LogP contribution >= 0.6 is 27.3 Å². The van der Waals surface area contributed by atoms with Crippen LogP contribution in [0.3, 0.4) is 0 Å². The number of hydrogen-bond acceptors (Lipinski definition) is 5. The number of thiophene rings is 1. The lowest BCUT2D eigenvalue weighted by molar-refractivity contribution is 0.592. The number of aromatic nitrogens is 2. The number of hydrogen-bond donors (Lipinski definition) is 1. The molecule has 2 heterocycles. The fraction of sp³-hybridized carbons (Fsp3) is 0. The zero-order valence-corrected chi connectivity index (χ0v) is 8.22. The van der Waals surface area contributed by atoms with E-state index in [9.17, 15) is 0 Å². The van der Waals surface area contributed by atoms with Gasteiger partial charge in [0.15, 0.2) is 0 Å². The van der Waals surface area contributed by atoms with Crippen molar-refractivity contribution in [1.82, 2.24) is 10.2 Å². The predicted molar refractivity (Wildman–Crippen MR) is 49.7 cm³/mol. The molecule has 0 aliphatic carbocycles.